The van der Waals surface area contributed by atoms with Crippen molar-refractivity contribution in [3.8, 4) is 17.0 Å². The molecular formula is C27H21N3O7S2. The zero-order valence-corrected chi connectivity index (χ0v) is 22.0. The third kappa shape index (κ3) is 6.80. The lowest BCUT2D eigenvalue weighted by Gasteiger charge is -2.10. The molecule has 4 N–H and O–H groups in total. The van der Waals surface area contributed by atoms with Gasteiger partial charge < -0.3 is 25.6 Å². The summed E-state index contributed by atoms with van der Waals surface area (Å²) < 4.78 is 5.37. The summed E-state index contributed by atoms with van der Waals surface area (Å²) >= 11 is 2.54. The van der Waals surface area contributed by atoms with E-state index in [9.17, 15) is 24.3 Å². The molecule has 1 aromatic heterocycles. The number of carbonyl (C=O) groups is 4. The molecular weight excluding hydrogens is 542 g/mol. The number of aromatic carboxylic acids is 2. The molecule has 0 fully saturated rings. The summed E-state index contributed by atoms with van der Waals surface area (Å²) in [7, 11) is 1.58. The minimum atomic E-state index is -1.42. The molecule has 0 unspecified atom stereocenters. The lowest BCUT2D eigenvalue weighted by atomic mass is 10.0. The van der Waals surface area contributed by atoms with Crippen LogP contribution in [0.2, 0.25) is 0 Å². The van der Waals surface area contributed by atoms with Crippen LogP contribution >= 0.6 is 23.1 Å². The number of aromatic nitrogens is 1. The van der Waals surface area contributed by atoms with Gasteiger partial charge in [0, 0.05) is 21.5 Å². The number of carboxylic acids is 2. The molecule has 10 nitrogen and oxygen atoms in total. The molecule has 4 aromatic rings. The number of nitrogens with one attached hydrogen (secondary N) is 2. The number of carboxylic acid groups (broad SMARTS) is 2. The molecule has 0 saturated carbocycles. The van der Waals surface area contributed by atoms with Gasteiger partial charge in [0.25, 0.3) is 5.91 Å². The van der Waals surface area contributed by atoms with Crippen LogP contribution in [0.1, 0.15) is 31.1 Å². The maximum atomic E-state index is 12.7. The maximum Gasteiger partial charge on any atom is 0.336 e. The van der Waals surface area contributed by atoms with Crippen LogP contribution in [0, 0.1) is 0 Å². The van der Waals surface area contributed by atoms with Gasteiger partial charge in [-0.1, -0.05) is 18.2 Å². The van der Waals surface area contributed by atoms with E-state index in [4.69, 9.17) is 9.84 Å². The Balaban J connectivity index is 1.37. The number of methoxy groups -OCH3 is 1. The van der Waals surface area contributed by atoms with Gasteiger partial charge in [0.1, 0.15) is 5.75 Å². The second-order valence-corrected chi connectivity index (χ2v) is 9.83. The molecule has 0 aliphatic carbocycles. The number of anilines is 2. The molecule has 0 radical (unpaired) electrons. The first-order chi connectivity index (χ1) is 18.7. The van der Waals surface area contributed by atoms with Crippen molar-refractivity contribution in [3.63, 3.8) is 0 Å². The van der Waals surface area contributed by atoms with E-state index in [1.807, 2.05) is 29.6 Å². The first kappa shape index (κ1) is 27.4. The molecule has 0 spiro atoms. The number of carbonyl (C=O) groups excluding carboxylic acids is 2. The van der Waals surface area contributed by atoms with E-state index in [-0.39, 0.29) is 22.8 Å². The normalized spacial score (nSPS) is 10.5. The fourth-order valence-corrected chi connectivity index (χ4v) is 5.01. The number of nitrogens with zero attached hydrogens (tertiary/aromatic N) is 1. The molecule has 0 saturated heterocycles. The molecule has 12 heteroatoms. The first-order valence-electron chi connectivity index (χ1n) is 11.3. The Bertz CT molecular complexity index is 1570. The standard InChI is InChI=1S/C27H21N3O7S2/c1-37-22-8-3-2-7-19(22)21-13-39-27(29-21)30-23(31)14-38-17-6-4-5-16(12-17)28-24(32)18-10-9-15(25(33)34)11-20(18)26(35)36/h2-13H,14H2,1H3,(H,28,32)(H,33,34)(H,35,36)(H,29,30,31). The number of hydrogen-bond donors (Lipinski definition) is 4. The maximum absolute atomic E-state index is 12.7. The van der Waals surface area contributed by atoms with Gasteiger partial charge in [-0.05, 0) is 48.5 Å². The molecule has 0 bridgehead atoms. The van der Waals surface area contributed by atoms with E-state index in [0.29, 0.717) is 27.2 Å². The quantitative estimate of drug-likeness (QED) is 0.191. The van der Waals surface area contributed by atoms with E-state index in [1.165, 1.54) is 23.1 Å². The van der Waals surface area contributed by atoms with Crippen LogP contribution in [0.3, 0.4) is 0 Å². The van der Waals surface area contributed by atoms with Crippen LogP contribution < -0.4 is 15.4 Å². The molecule has 3 aromatic carbocycles. The highest BCUT2D eigenvalue weighted by atomic mass is 32.2. The largest absolute Gasteiger partial charge is 0.496 e. The summed E-state index contributed by atoms with van der Waals surface area (Å²) in [5, 5.41) is 26.2. The topological polar surface area (TPSA) is 155 Å². The molecule has 1 heterocycles. The zero-order chi connectivity index (χ0) is 27.9. The van der Waals surface area contributed by atoms with Gasteiger partial charge in [-0.15, -0.1) is 23.1 Å². The number of thiazole rings is 1. The van der Waals surface area contributed by atoms with Crippen LogP contribution in [-0.2, 0) is 4.79 Å². The first-order valence-corrected chi connectivity index (χ1v) is 13.2. The second-order valence-electron chi connectivity index (χ2n) is 7.93. The van der Waals surface area contributed by atoms with Crippen LogP contribution in [-0.4, -0.2) is 51.8 Å². The Kier molecular flexibility index (Phi) is 8.59. The van der Waals surface area contributed by atoms with Crippen molar-refractivity contribution in [3.05, 3.63) is 88.8 Å². The Labute approximate surface area is 230 Å². The van der Waals surface area contributed by atoms with Crippen molar-refractivity contribution < 1.29 is 34.1 Å². The van der Waals surface area contributed by atoms with Crippen molar-refractivity contribution in [2.24, 2.45) is 0 Å². The molecule has 0 aliphatic rings. The highest BCUT2D eigenvalue weighted by Gasteiger charge is 2.19. The monoisotopic (exact) mass is 563 g/mol. The van der Waals surface area contributed by atoms with Crippen molar-refractivity contribution in [1.82, 2.24) is 4.98 Å². The van der Waals surface area contributed by atoms with Gasteiger partial charge in [0.15, 0.2) is 5.13 Å². The second kappa shape index (κ2) is 12.2. The Hall–Kier alpha value is -4.68. The fourth-order valence-electron chi connectivity index (χ4n) is 3.53. The van der Waals surface area contributed by atoms with Gasteiger partial charge in [-0.25, -0.2) is 14.6 Å². The summed E-state index contributed by atoms with van der Waals surface area (Å²) in [6, 6.07) is 17.4. The Morgan fingerprint density at radius 1 is 0.923 bits per heavy atom. The van der Waals surface area contributed by atoms with E-state index in [1.54, 1.807) is 31.4 Å². The van der Waals surface area contributed by atoms with Gasteiger partial charge in [-0.3, -0.25) is 9.59 Å². The molecule has 198 valence electrons. The number of benzene rings is 3. The van der Waals surface area contributed by atoms with Gasteiger partial charge >= 0.3 is 11.9 Å². The highest BCUT2D eigenvalue weighted by molar-refractivity contribution is 8.00. The minimum Gasteiger partial charge on any atom is -0.496 e. The predicted octanol–water partition coefficient (Wildman–Crippen LogP) is 5.20. The smallest absolute Gasteiger partial charge is 0.336 e. The van der Waals surface area contributed by atoms with Gasteiger partial charge in [0.2, 0.25) is 5.91 Å². The third-order valence-electron chi connectivity index (χ3n) is 5.34. The third-order valence-corrected chi connectivity index (χ3v) is 7.09. The Morgan fingerprint density at radius 3 is 2.46 bits per heavy atom. The molecule has 0 atom stereocenters. The van der Waals surface area contributed by atoms with Crippen molar-refractivity contribution >= 4 is 57.7 Å². The van der Waals surface area contributed by atoms with Gasteiger partial charge in [-0.2, -0.15) is 0 Å². The van der Waals surface area contributed by atoms with Crippen molar-refractivity contribution in [1.29, 1.82) is 0 Å². The Morgan fingerprint density at radius 2 is 1.72 bits per heavy atom. The summed E-state index contributed by atoms with van der Waals surface area (Å²) in [6.45, 7) is 0. The lowest BCUT2D eigenvalue weighted by molar-refractivity contribution is -0.113. The summed E-state index contributed by atoms with van der Waals surface area (Å²) in [5.74, 6) is -2.93. The average Bonchev–Trinajstić information content (AvgIpc) is 3.39. The number of para-hydroxylation sites is 1. The summed E-state index contributed by atoms with van der Waals surface area (Å²) in [5.41, 5.74) is 1.04. The van der Waals surface area contributed by atoms with E-state index < -0.39 is 23.4 Å². The van der Waals surface area contributed by atoms with Crippen LogP contribution in [0.5, 0.6) is 5.75 Å². The zero-order valence-electron chi connectivity index (χ0n) is 20.3. The van der Waals surface area contributed by atoms with Crippen molar-refractivity contribution in [2.45, 2.75) is 4.90 Å². The number of hydrogen-bond acceptors (Lipinski definition) is 8. The predicted molar refractivity (Wildman–Crippen MR) is 148 cm³/mol. The van der Waals surface area contributed by atoms with Gasteiger partial charge in [0.05, 0.1) is 35.2 Å². The molecule has 2 amide bonds. The van der Waals surface area contributed by atoms with E-state index in [2.05, 4.69) is 15.6 Å². The summed E-state index contributed by atoms with van der Waals surface area (Å²) in [6.07, 6.45) is 0. The molecule has 0 aliphatic heterocycles. The van der Waals surface area contributed by atoms with Crippen molar-refractivity contribution in [2.75, 3.05) is 23.5 Å². The molecule has 39 heavy (non-hydrogen) atoms. The van der Waals surface area contributed by atoms with Crippen LogP contribution in [0.25, 0.3) is 11.3 Å². The highest BCUT2D eigenvalue weighted by Crippen LogP contribution is 2.32. The number of thioether (sulfide) groups is 1. The lowest BCUT2D eigenvalue weighted by Crippen LogP contribution is -2.17. The number of rotatable bonds is 10. The number of ether oxygens (including phenoxy) is 1. The SMILES string of the molecule is COc1ccccc1-c1csc(NC(=O)CSc2cccc(NC(=O)c3ccc(C(=O)O)cc3C(=O)O)c2)n1. The average molecular weight is 564 g/mol. The van der Waals surface area contributed by atoms with E-state index >= 15 is 0 Å². The minimum absolute atomic E-state index is 0.0841. The van der Waals surface area contributed by atoms with Crippen LogP contribution in [0.15, 0.2) is 77.0 Å². The van der Waals surface area contributed by atoms with E-state index in [0.717, 1.165) is 23.8 Å². The number of amides is 2. The fraction of sp³-hybridized carbons (Fsp3) is 0.0741. The molecule has 4 rings (SSSR count). The summed E-state index contributed by atoms with van der Waals surface area (Å²) in [4.78, 5) is 53.1. The van der Waals surface area contributed by atoms with Crippen LogP contribution in [0.4, 0.5) is 10.8 Å².